The van der Waals surface area contributed by atoms with Gasteiger partial charge in [-0.25, -0.2) is 9.37 Å². The van der Waals surface area contributed by atoms with Gasteiger partial charge >= 0.3 is 0 Å². The van der Waals surface area contributed by atoms with Gasteiger partial charge in [-0.1, -0.05) is 23.7 Å². The molecule has 0 aliphatic carbocycles. The molecule has 88 valence electrons. The van der Waals surface area contributed by atoms with Crippen LogP contribution in [-0.2, 0) is 0 Å². The molecule has 0 fully saturated rings. The van der Waals surface area contributed by atoms with Gasteiger partial charge in [0.05, 0.1) is 0 Å². The van der Waals surface area contributed by atoms with Crippen molar-refractivity contribution in [2.45, 2.75) is 13.0 Å². The van der Waals surface area contributed by atoms with Gasteiger partial charge in [0.25, 0.3) is 0 Å². The summed E-state index contributed by atoms with van der Waals surface area (Å²) in [6.45, 7) is 1.66. The monoisotopic (exact) mass is 251 g/mol. The highest BCUT2D eigenvalue weighted by molar-refractivity contribution is 6.29. The summed E-state index contributed by atoms with van der Waals surface area (Å²) in [5.74, 6) is -0.284. The summed E-state index contributed by atoms with van der Waals surface area (Å²) in [6, 6.07) is 7.78. The number of hydrogen-bond acceptors (Lipinski definition) is 2. The van der Waals surface area contributed by atoms with Crippen molar-refractivity contribution in [1.29, 1.82) is 0 Å². The van der Waals surface area contributed by atoms with Crippen molar-refractivity contribution < 1.29 is 9.50 Å². The van der Waals surface area contributed by atoms with Crippen LogP contribution in [0.4, 0.5) is 4.39 Å². The zero-order valence-corrected chi connectivity index (χ0v) is 9.95. The second kappa shape index (κ2) is 4.82. The summed E-state index contributed by atoms with van der Waals surface area (Å²) in [7, 11) is 0. The van der Waals surface area contributed by atoms with Crippen molar-refractivity contribution >= 4 is 11.6 Å². The van der Waals surface area contributed by atoms with E-state index in [2.05, 4.69) is 4.98 Å². The zero-order valence-electron chi connectivity index (χ0n) is 9.19. The number of aryl methyl sites for hydroxylation is 1. The van der Waals surface area contributed by atoms with Crippen molar-refractivity contribution in [1.82, 2.24) is 4.98 Å². The van der Waals surface area contributed by atoms with Gasteiger partial charge in [-0.2, -0.15) is 0 Å². The first-order valence-electron chi connectivity index (χ1n) is 5.13. The van der Waals surface area contributed by atoms with Crippen LogP contribution < -0.4 is 0 Å². The van der Waals surface area contributed by atoms with Gasteiger partial charge in [-0.15, -0.1) is 0 Å². The highest BCUT2D eigenvalue weighted by Gasteiger charge is 2.12. The molecule has 1 N–H and O–H groups in total. The number of pyridine rings is 1. The molecule has 0 bridgehead atoms. The first-order chi connectivity index (χ1) is 8.08. The SMILES string of the molecule is Cc1cc(C(O)c2ccnc(Cl)c2)ccc1F. The summed E-state index contributed by atoms with van der Waals surface area (Å²) in [5, 5.41) is 10.4. The second-order valence-electron chi connectivity index (χ2n) is 3.82. The van der Waals surface area contributed by atoms with Gasteiger partial charge in [0.1, 0.15) is 17.1 Å². The average Bonchev–Trinajstić information content (AvgIpc) is 2.32. The number of aromatic nitrogens is 1. The van der Waals surface area contributed by atoms with E-state index in [1.807, 2.05) is 0 Å². The van der Waals surface area contributed by atoms with Crippen molar-refractivity contribution in [2.24, 2.45) is 0 Å². The molecule has 2 aromatic rings. The molecular weight excluding hydrogens is 241 g/mol. The Kier molecular flexibility index (Phi) is 3.41. The topological polar surface area (TPSA) is 33.1 Å². The summed E-state index contributed by atoms with van der Waals surface area (Å²) < 4.78 is 13.1. The van der Waals surface area contributed by atoms with Crippen LogP contribution in [0.15, 0.2) is 36.5 Å². The van der Waals surface area contributed by atoms with E-state index in [1.165, 1.54) is 12.3 Å². The third kappa shape index (κ3) is 2.62. The highest BCUT2D eigenvalue weighted by atomic mass is 35.5. The van der Waals surface area contributed by atoms with Gasteiger partial charge < -0.3 is 5.11 Å². The van der Waals surface area contributed by atoms with Gasteiger partial charge in [0.15, 0.2) is 0 Å². The fourth-order valence-electron chi connectivity index (χ4n) is 1.62. The van der Waals surface area contributed by atoms with Gasteiger partial charge in [0.2, 0.25) is 0 Å². The Bertz CT molecular complexity index is 545. The summed E-state index contributed by atoms with van der Waals surface area (Å²) in [4.78, 5) is 3.84. The maximum atomic E-state index is 13.1. The van der Waals surface area contributed by atoms with E-state index in [0.29, 0.717) is 21.8 Å². The van der Waals surface area contributed by atoms with Crippen LogP contribution in [0, 0.1) is 12.7 Å². The first kappa shape index (κ1) is 12.0. The Morgan fingerprint density at radius 2 is 1.94 bits per heavy atom. The highest BCUT2D eigenvalue weighted by Crippen LogP contribution is 2.24. The van der Waals surface area contributed by atoms with Gasteiger partial charge in [-0.3, -0.25) is 0 Å². The Hall–Kier alpha value is -1.45. The fourth-order valence-corrected chi connectivity index (χ4v) is 1.80. The molecule has 4 heteroatoms. The third-order valence-corrected chi connectivity index (χ3v) is 2.77. The molecule has 1 unspecified atom stereocenters. The van der Waals surface area contributed by atoms with Crippen molar-refractivity contribution in [3.8, 4) is 0 Å². The fraction of sp³-hybridized carbons (Fsp3) is 0.154. The van der Waals surface area contributed by atoms with E-state index in [0.717, 1.165) is 0 Å². The molecule has 0 saturated heterocycles. The largest absolute Gasteiger partial charge is 0.384 e. The molecule has 0 amide bonds. The molecular formula is C13H11ClFNO. The van der Waals surface area contributed by atoms with Crippen LogP contribution >= 0.6 is 11.6 Å². The van der Waals surface area contributed by atoms with Crippen LogP contribution in [0.3, 0.4) is 0 Å². The van der Waals surface area contributed by atoms with Crippen LogP contribution in [0.1, 0.15) is 22.8 Å². The van der Waals surface area contributed by atoms with E-state index >= 15 is 0 Å². The smallest absolute Gasteiger partial charge is 0.129 e. The normalized spacial score (nSPS) is 12.5. The van der Waals surface area contributed by atoms with E-state index in [-0.39, 0.29) is 5.82 Å². The number of benzene rings is 1. The molecule has 2 rings (SSSR count). The Balaban J connectivity index is 2.36. The number of halogens is 2. The van der Waals surface area contributed by atoms with Crippen LogP contribution in [0.2, 0.25) is 5.15 Å². The number of hydrogen-bond donors (Lipinski definition) is 1. The number of rotatable bonds is 2. The Labute approximate surface area is 104 Å². The lowest BCUT2D eigenvalue weighted by Gasteiger charge is -2.12. The third-order valence-electron chi connectivity index (χ3n) is 2.56. The lowest BCUT2D eigenvalue weighted by molar-refractivity contribution is 0.220. The molecule has 1 aromatic carbocycles. The predicted octanol–water partition coefficient (Wildman–Crippen LogP) is 3.26. The Morgan fingerprint density at radius 1 is 1.24 bits per heavy atom. The molecule has 2 nitrogen and oxygen atoms in total. The van der Waals surface area contributed by atoms with Gasteiger partial charge in [0, 0.05) is 6.20 Å². The van der Waals surface area contributed by atoms with Crippen LogP contribution in [0.5, 0.6) is 0 Å². The quantitative estimate of drug-likeness (QED) is 0.831. The average molecular weight is 252 g/mol. The maximum absolute atomic E-state index is 13.1. The van der Waals surface area contributed by atoms with Crippen molar-refractivity contribution in [3.05, 3.63) is 64.2 Å². The number of aliphatic hydroxyl groups is 1. The number of aliphatic hydroxyl groups excluding tert-OH is 1. The minimum absolute atomic E-state index is 0.284. The lowest BCUT2D eigenvalue weighted by atomic mass is 10.0. The molecule has 0 aliphatic heterocycles. The second-order valence-corrected chi connectivity index (χ2v) is 4.21. The standard InChI is InChI=1S/C13H11ClFNO/c1-8-6-9(2-3-11(8)15)13(17)10-4-5-16-12(14)7-10/h2-7,13,17H,1H3. The van der Waals surface area contributed by atoms with Crippen molar-refractivity contribution in [3.63, 3.8) is 0 Å². The minimum atomic E-state index is -0.824. The summed E-state index contributed by atoms with van der Waals surface area (Å²) in [5.41, 5.74) is 1.77. The number of nitrogens with zero attached hydrogens (tertiary/aromatic N) is 1. The van der Waals surface area contributed by atoms with E-state index in [4.69, 9.17) is 11.6 Å². The first-order valence-corrected chi connectivity index (χ1v) is 5.51. The molecule has 1 aromatic heterocycles. The van der Waals surface area contributed by atoms with Crippen LogP contribution in [0.25, 0.3) is 0 Å². The predicted molar refractivity (Wildman–Crippen MR) is 64.4 cm³/mol. The van der Waals surface area contributed by atoms with Crippen LogP contribution in [-0.4, -0.2) is 10.1 Å². The molecule has 0 saturated carbocycles. The van der Waals surface area contributed by atoms with E-state index in [1.54, 1.807) is 31.2 Å². The molecule has 17 heavy (non-hydrogen) atoms. The van der Waals surface area contributed by atoms with E-state index in [9.17, 15) is 9.50 Å². The molecule has 0 spiro atoms. The lowest BCUT2D eigenvalue weighted by Crippen LogP contribution is -2.01. The van der Waals surface area contributed by atoms with Gasteiger partial charge in [-0.05, 0) is 41.8 Å². The summed E-state index contributed by atoms with van der Waals surface area (Å²) in [6.07, 6.45) is 0.701. The Morgan fingerprint density at radius 3 is 2.59 bits per heavy atom. The molecule has 1 atom stereocenters. The van der Waals surface area contributed by atoms with Crippen molar-refractivity contribution in [2.75, 3.05) is 0 Å². The maximum Gasteiger partial charge on any atom is 0.129 e. The molecule has 1 heterocycles. The minimum Gasteiger partial charge on any atom is -0.384 e. The zero-order chi connectivity index (χ0) is 12.4. The van der Waals surface area contributed by atoms with E-state index < -0.39 is 6.10 Å². The summed E-state index contributed by atoms with van der Waals surface area (Å²) >= 11 is 5.75. The molecule has 0 aliphatic rings. The molecule has 0 radical (unpaired) electrons.